The average Bonchev–Trinajstić information content (AvgIpc) is 3.21. The van der Waals surface area contributed by atoms with Gasteiger partial charge in [-0.2, -0.15) is 0 Å². The number of thiazole rings is 1. The molecule has 0 unspecified atom stereocenters. The lowest BCUT2D eigenvalue weighted by atomic mass is 10.1. The zero-order valence-corrected chi connectivity index (χ0v) is 20.4. The van der Waals surface area contributed by atoms with Crippen molar-refractivity contribution in [3.63, 3.8) is 0 Å². The quantitative estimate of drug-likeness (QED) is 0.419. The van der Waals surface area contributed by atoms with Crippen LogP contribution in [-0.4, -0.2) is 43.1 Å². The highest BCUT2D eigenvalue weighted by Crippen LogP contribution is 2.31. The SMILES string of the molecule is Cc1cccnc1-c1nc2cc(Nc3ccc4c(n3)CN(C(=O)OC(C)(C)C)CC4)ncc2s1. The molecule has 1 aliphatic heterocycles. The van der Waals surface area contributed by atoms with Gasteiger partial charge in [0.05, 0.1) is 22.5 Å². The van der Waals surface area contributed by atoms with Crippen molar-refractivity contribution in [1.82, 2.24) is 24.8 Å². The molecule has 0 fully saturated rings. The highest BCUT2D eigenvalue weighted by atomic mass is 32.1. The van der Waals surface area contributed by atoms with E-state index in [2.05, 4.69) is 21.4 Å². The minimum absolute atomic E-state index is 0.312. The average molecular weight is 475 g/mol. The van der Waals surface area contributed by atoms with Crippen molar-refractivity contribution in [2.24, 2.45) is 0 Å². The van der Waals surface area contributed by atoms with Gasteiger partial charge >= 0.3 is 6.09 Å². The number of pyridine rings is 3. The van der Waals surface area contributed by atoms with E-state index in [0.29, 0.717) is 24.7 Å². The molecule has 0 spiro atoms. The summed E-state index contributed by atoms with van der Waals surface area (Å²) in [5.41, 5.74) is 4.32. The van der Waals surface area contributed by atoms with E-state index in [9.17, 15) is 4.79 Å². The van der Waals surface area contributed by atoms with E-state index in [-0.39, 0.29) is 6.09 Å². The van der Waals surface area contributed by atoms with E-state index < -0.39 is 5.60 Å². The first-order valence-corrected chi connectivity index (χ1v) is 12.0. The number of amides is 1. The van der Waals surface area contributed by atoms with Gasteiger partial charge in [0.1, 0.15) is 27.9 Å². The van der Waals surface area contributed by atoms with Crippen LogP contribution in [0.25, 0.3) is 20.9 Å². The van der Waals surface area contributed by atoms with Gasteiger partial charge in [-0.3, -0.25) is 4.98 Å². The predicted molar refractivity (Wildman–Crippen MR) is 133 cm³/mol. The molecule has 0 atom stereocenters. The Bertz CT molecular complexity index is 1380. The van der Waals surface area contributed by atoms with Crippen LogP contribution in [0, 0.1) is 6.92 Å². The molecule has 9 heteroatoms. The fourth-order valence-electron chi connectivity index (χ4n) is 3.81. The molecular formula is C25H26N6O2S. The van der Waals surface area contributed by atoms with Gasteiger partial charge < -0.3 is 15.0 Å². The number of rotatable bonds is 3. The Kier molecular flexibility index (Phi) is 5.65. The second kappa shape index (κ2) is 8.64. The molecule has 174 valence electrons. The number of carbonyl (C=O) groups excluding carboxylic acids is 1. The lowest BCUT2D eigenvalue weighted by Crippen LogP contribution is -2.40. The van der Waals surface area contributed by atoms with Gasteiger partial charge in [0, 0.05) is 25.0 Å². The van der Waals surface area contributed by atoms with Gasteiger partial charge in [-0.1, -0.05) is 12.1 Å². The molecule has 8 nitrogen and oxygen atoms in total. The minimum Gasteiger partial charge on any atom is -0.444 e. The minimum atomic E-state index is -0.524. The van der Waals surface area contributed by atoms with Gasteiger partial charge in [-0.05, 0) is 57.4 Å². The first-order chi connectivity index (χ1) is 16.2. The van der Waals surface area contributed by atoms with E-state index in [1.54, 1.807) is 22.4 Å². The molecule has 4 aromatic rings. The van der Waals surface area contributed by atoms with Crippen molar-refractivity contribution in [2.75, 3.05) is 11.9 Å². The molecule has 0 aromatic carbocycles. The van der Waals surface area contributed by atoms with Crippen LogP contribution in [0.1, 0.15) is 37.6 Å². The molecule has 1 N–H and O–H groups in total. The number of carbonyl (C=O) groups is 1. The monoisotopic (exact) mass is 474 g/mol. The molecule has 0 saturated heterocycles. The van der Waals surface area contributed by atoms with Crippen LogP contribution >= 0.6 is 11.3 Å². The number of fused-ring (bicyclic) bond motifs is 2. The zero-order chi connectivity index (χ0) is 23.9. The van der Waals surface area contributed by atoms with E-state index >= 15 is 0 Å². The van der Waals surface area contributed by atoms with Crippen LogP contribution in [0.5, 0.6) is 0 Å². The van der Waals surface area contributed by atoms with E-state index in [1.807, 2.05) is 58.2 Å². The number of anilines is 2. The van der Waals surface area contributed by atoms with Gasteiger partial charge in [0.2, 0.25) is 0 Å². The molecule has 0 saturated carbocycles. The van der Waals surface area contributed by atoms with E-state index in [0.717, 1.165) is 44.2 Å². The number of hydrogen-bond donors (Lipinski definition) is 1. The molecule has 34 heavy (non-hydrogen) atoms. The summed E-state index contributed by atoms with van der Waals surface area (Å²) in [7, 11) is 0. The largest absolute Gasteiger partial charge is 0.444 e. The summed E-state index contributed by atoms with van der Waals surface area (Å²) < 4.78 is 6.52. The number of ether oxygens (including phenoxy) is 1. The van der Waals surface area contributed by atoms with Crippen molar-refractivity contribution < 1.29 is 9.53 Å². The van der Waals surface area contributed by atoms with Gasteiger partial charge in [0.25, 0.3) is 0 Å². The van der Waals surface area contributed by atoms with Crippen LogP contribution < -0.4 is 5.32 Å². The second-order valence-electron chi connectivity index (χ2n) is 9.30. The number of aryl methyl sites for hydroxylation is 1. The summed E-state index contributed by atoms with van der Waals surface area (Å²) in [4.78, 5) is 32.7. The highest BCUT2D eigenvalue weighted by molar-refractivity contribution is 7.21. The molecular weight excluding hydrogens is 448 g/mol. The Labute approximate surface area is 202 Å². The summed E-state index contributed by atoms with van der Waals surface area (Å²) in [5, 5.41) is 4.16. The molecule has 0 aliphatic carbocycles. The highest BCUT2D eigenvalue weighted by Gasteiger charge is 2.26. The zero-order valence-electron chi connectivity index (χ0n) is 19.6. The summed E-state index contributed by atoms with van der Waals surface area (Å²) in [5.74, 6) is 1.34. The Balaban J connectivity index is 1.35. The van der Waals surface area contributed by atoms with E-state index in [4.69, 9.17) is 14.7 Å². The molecule has 0 bridgehead atoms. The molecule has 4 aromatic heterocycles. The third kappa shape index (κ3) is 4.70. The lowest BCUT2D eigenvalue weighted by molar-refractivity contribution is 0.0221. The Morgan fingerprint density at radius 3 is 2.79 bits per heavy atom. The van der Waals surface area contributed by atoms with Crippen LogP contribution in [0.3, 0.4) is 0 Å². The molecule has 5 heterocycles. The molecule has 1 aliphatic rings. The molecule has 5 rings (SSSR count). The van der Waals surface area contributed by atoms with Crippen LogP contribution in [0.4, 0.5) is 16.4 Å². The molecule has 1 amide bonds. The van der Waals surface area contributed by atoms with Gasteiger partial charge in [0.15, 0.2) is 0 Å². The second-order valence-corrected chi connectivity index (χ2v) is 10.3. The van der Waals surface area contributed by atoms with Crippen LogP contribution in [0.2, 0.25) is 0 Å². The number of hydrogen-bond acceptors (Lipinski definition) is 8. The van der Waals surface area contributed by atoms with Crippen molar-refractivity contribution in [3.8, 4) is 10.7 Å². The first-order valence-electron chi connectivity index (χ1n) is 11.2. The number of nitrogens with zero attached hydrogens (tertiary/aromatic N) is 5. The smallest absolute Gasteiger partial charge is 0.410 e. The summed E-state index contributed by atoms with van der Waals surface area (Å²) in [6.07, 6.45) is 4.04. The summed E-state index contributed by atoms with van der Waals surface area (Å²) in [6.45, 7) is 8.69. The third-order valence-electron chi connectivity index (χ3n) is 5.46. The Hall–Kier alpha value is -3.59. The summed E-state index contributed by atoms with van der Waals surface area (Å²) in [6, 6.07) is 9.87. The van der Waals surface area contributed by atoms with Gasteiger partial charge in [-0.25, -0.2) is 19.7 Å². The topological polar surface area (TPSA) is 93.1 Å². The maximum Gasteiger partial charge on any atom is 0.410 e. The standard InChI is InChI=1S/C25H26N6O2S/c1-15-6-5-10-26-22(15)23-29-17-12-21(27-13-19(17)34-23)30-20-8-7-16-9-11-31(14-18(16)28-20)24(32)33-25(2,3)4/h5-8,10,12-13H,9,11,14H2,1-4H3,(H,27,28,30). The first kappa shape index (κ1) is 22.2. The van der Waals surface area contributed by atoms with Crippen molar-refractivity contribution in [3.05, 3.63) is 59.5 Å². The molecule has 0 radical (unpaired) electrons. The van der Waals surface area contributed by atoms with Gasteiger partial charge in [-0.15, -0.1) is 11.3 Å². The number of nitrogens with one attached hydrogen (secondary N) is 1. The predicted octanol–water partition coefficient (Wildman–Crippen LogP) is 5.49. The lowest BCUT2D eigenvalue weighted by Gasteiger charge is -2.30. The Morgan fingerprint density at radius 1 is 1.15 bits per heavy atom. The maximum absolute atomic E-state index is 12.5. The fraction of sp³-hybridized carbons (Fsp3) is 0.320. The van der Waals surface area contributed by atoms with Crippen molar-refractivity contribution >= 4 is 39.3 Å². The van der Waals surface area contributed by atoms with Crippen LogP contribution in [0.15, 0.2) is 42.7 Å². The fourth-order valence-corrected chi connectivity index (χ4v) is 4.78. The van der Waals surface area contributed by atoms with Crippen molar-refractivity contribution in [2.45, 2.75) is 46.3 Å². The number of aromatic nitrogens is 4. The van der Waals surface area contributed by atoms with Crippen molar-refractivity contribution in [1.29, 1.82) is 0 Å². The summed E-state index contributed by atoms with van der Waals surface area (Å²) >= 11 is 1.58. The Morgan fingerprint density at radius 2 is 2.00 bits per heavy atom. The van der Waals surface area contributed by atoms with E-state index in [1.165, 1.54) is 0 Å². The normalized spacial score (nSPS) is 13.6. The van der Waals surface area contributed by atoms with Crippen LogP contribution in [-0.2, 0) is 17.7 Å². The maximum atomic E-state index is 12.5. The third-order valence-corrected chi connectivity index (χ3v) is 6.47.